The molecule has 0 aliphatic carbocycles. The normalized spacial score (nSPS) is 13.4. The Morgan fingerprint density at radius 3 is 3.23 bits per heavy atom. The molecule has 2 aromatic heterocycles. The van der Waals surface area contributed by atoms with Crippen molar-refractivity contribution >= 4 is 5.65 Å². The molecule has 1 atom stereocenters. The van der Waals surface area contributed by atoms with Gasteiger partial charge in [0.1, 0.15) is 0 Å². The molecule has 0 bridgehead atoms. The first kappa shape index (κ1) is 8.15. The van der Waals surface area contributed by atoms with Crippen LogP contribution in [-0.4, -0.2) is 26.3 Å². The number of aromatic nitrogens is 3. The predicted molar refractivity (Wildman–Crippen MR) is 47.0 cm³/mol. The zero-order chi connectivity index (χ0) is 9.26. The average molecular weight is 178 g/mol. The van der Waals surface area contributed by atoms with Crippen LogP contribution in [0.25, 0.3) is 5.65 Å². The summed E-state index contributed by atoms with van der Waals surface area (Å²) in [4.78, 5) is 4.12. The molecular formula is C8H10N4O. The maximum absolute atomic E-state index is 8.83. The van der Waals surface area contributed by atoms with Crippen molar-refractivity contribution in [3.63, 3.8) is 0 Å². The summed E-state index contributed by atoms with van der Waals surface area (Å²) < 4.78 is 1.63. The van der Waals surface area contributed by atoms with Crippen molar-refractivity contribution in [2.45, 2.75) is 6.04 Å². The van der Waals surface area contributed by atoms with Gasteiger partial charge in [-0.25, -0.2) is 9.50 Å². The van der Waals surface area contributed by atoms with Crippen LogP contribution in [0.2, 0.25) is 0 Å². The van der Waals surface area contributed by atoms with Crippen molar-refractivity contribution in [1.29, 1.82) is 0 Å². The van der Waals surface area contributed by atoms with Crippen molar-refractivity contribution in [2.75, 3.05) is 6.61 Å². The number of nitrogens with zero attached hydrogens (tertiary/aromatic N) is 3. The molecule has 5 heteroatoms. The van der Waals surface area contributed by atoms with Crippen molar-refractivity contribution in [3.8, 4) is 0 Å². The number of nitrogens with two attached hydrogens (primary N) is 1. The van der Waals surface area contributed by atoms with Gasteiger partial charge < -0.3 is 10.8 Å². The number of aliphatic hydroxyl groups is 1. The standard InChI is InChI=1S/C8H10N4O/c9-7(5-13)6-3-10-8-1-2-11-12(8)4-6/h1-4,7,13H,5,9H2. The highest BCUT2D eigenvalue weighted by Crippen LogP contribution is 2.08. The Bertz CT molecular complexity index is 411. The third kappa shape index (κ3) is 1.39. The topological polar surface area (TPSA) is 76.4 Å². The molecule has 0 saturated carbocycles. The fraction of sp³-hybridized carbons (Fsp3) is 0.250. The van der Waals surface area contributed by atoms with Crippen molar-refractivity contribution in [3.05, 3.63) is 30.2 Å². The molecular weight excluding hydrogens is 168 g/mol. The number of aliphatic hydroxyl groups excluding tert-OH is 1. The van der Waals surface area contributed by atoms with E-state index in [0.29, 0.717) is 0 Å². The fourth-order valence-electron chi connectivity index (χ4n) is 1.12. The Balaban J connectivity index is 2.48. The first-order valence-electron chi connectivity index (χ1n) is 3.97. The summed E-state index contributed by atoms with van der Waals surface area (Å²) in [6.07, 6.45) is 5.08. The summed E-state index contributed by atoms with van der Waals surface area (Å²) in [5.41, 5.74) is 7.17. The van der Waals surface area contributed by atoms with E-state index < -0.39 is 0 Å². The largest absolute Gasteiger partial charge is 0.394 e. The lowest BCUT2D eigenvalue weighted by atomic mass is 10.2. The number of rotatable bonds is 2. The van der Waals surface area contributed by atoms with Gasteiger partial charge in [0.15, 0.2) is 5.65 Å². The molecule has 0 aromatic carbocycles. The van der Waals surface area contributed by atoms with Crippen LogP contribution < -0.4 is 5.73 Å². The summed E-state index contributed by atoms with van der Waals surface area (Å²) in [5.74, 6) is 0. The van der Waals surface area contributed by atoms with Gasteiger partial charge >= 0.3 is 0 Å². The fourth-order valence-corrected chi connectivity index (χ4v) is 1.12. The summed E-state index contributed by atoms with van der Waals surface area (Å²) in [6, 6.07) is 1.41. The molecule has 5 nitrogen and oxygen atoms in total. The molecule has 2 rings (SSSR count). The van der Waals surface area contributed by atoms with E-state index in [-0.39, 0.29) is 12.6 Å². The van der Waals surface area contributed by atoms with E-state index in [1.807, 2.05) is 0 Å². The van der Waals surface area contributed by atoms with Crippen molar-refractivity contribution in [1.82, 2.24) is 14.6 Å². The van der Waals surface area contributed by atoms with E-state index in [9.17, 15) is 0 Å². The maximum Gasteiger partial charge on any atom is 0.154 e. The van der Waals surface area contributed by atoms with Gasteiger partial charge in [0.2, 0.25) is 0 Å². The SMILES string of the molecule is NC(CO)c1cnc2ccnn2c1. The minimum Gasteiger partial charge on any atom is -0.394 e. The molecule has 0 fully saturated rings. The van der Waals surface area contributed by atoms with E-state index in [0.717, 1.165) is 11.2 Å². The van der Waals surface area contributed by atoms with Crippen LogP contribution >= 0.6 is 0 Å². The van der Waals surface area contributed by atoms with Crippen LogP contribution in [0.4, 0.5) is 0 Å². The molecule has 0 spiro atoms. The lowest BCUT2D eigenvalue weighted by Crippen LogP contribution is -2.15. The zero-order valence-electron chi connectivity index (χ0n) is 6.96. The van der Waals surface area contributed by atoms with E-state index >= 15 is 0 Å². The molecule has 0 amide bonds. The molecule has 3 N–H and O–H groups in total. The highest BCUT2D eigenvalue weighted by molar-refractivity contribution is 5.36. The smallest absolute Gasteiger partial charge is 0.154 e. The van der Waals surface area contributed by atoms with Crippen molar-refractivity contribution < 1.29 is 5.11 Å². The zero-order valence-corrected chi connectivity index (χ0v) is 6.96. The first-order valence-corrected chi connectivity index (χ1v) is 3.97. The Hall–Kier alpha value is -1.46. The molecule has 2 aromatic rings. The minimum atomic E-state index is -0.388. The second-order valence-electron chi connectivity index (χ2n) is 2.81. The number of hydrogen-bond acceptors (Lipinski definition) is 4. The minimum absolute atomic E-state index is 0.0888. The molecule has 2 heterocycles. The molecule has 13 heavy (non-hydrogen) atoms. The van der Waals surface area contributed by atoms with Crippen LogP contribution in [0.1, 0.15) is 11.6 Å². The maximum atomic E-state index is 8.83. The average Bonchev–Trinajstić information content (AvgIpc) is 2.63. The van der Waals surface area contributed by atoms with E-state index in [2.05, 4.69) is 10.1 Å². The Kier molecular flexibility index (Phi) is 1.96. The van der Waals surface area contributed by atoms with Crippen LogP contribution in [0.15, 0.2) is 24.7 Å². The summed E-state index contributed by atoms with van der Waals surface area (Å²) in [6.45, 7) is -0.0888. The third-order valence-corrected chi connectivity index (χ3v) is 1.89. The van der Waals surface area contributed by atoms with Gasteiger partial charge in [-0.15, -0.1) is 0 Å². The van der Waals surface area contributed by atoms with Gasteiger partial charge in [0.05, 0.1) is 18.8 Å². The van der Waals surface area contributed by atoms with Crippen LogP contribution in [0.3, 0.4) is 0 Å². The summed E-state index contributed by atoms with van der Waals surface area (Å²) in [5, 5.41) is 12.8. The molecule has 0 aliphatic rings. The second kappa shape index (κ2) is 3.12. The second-order valence-corrected chi connectivity index (χ2v) is 2.81. The van der Waals surface area contributed by atoms with Gasteiger partial charge in [-0.2, -0.15) is 5.10 Å². The third-order valence-electron chi connectivity index (χ3n) is 1.89. The van der Waals surface area contributed by atoms with E-state index in [1.54, 1.807) is 29.2 Å². The highest BCUT2D eigenvalue weighted by atomic mass is 16.3. The predicted octanol–water partition coefficient (Wildman–Crippen LogP) is -0.279. The molecule has 68 valence electrons. The number of hydrogen-bond donors (Lipinski definition) is 2. The van der Waals surface area contributed by atoms with Gasteiger partial charge in [-0.3, -0.25) is 0 Å². The monoisotopic (exact) mass is 178 g/mol. The Morgan fingerprint density at radius 2 is 2.46 bits per heavy atom. The molecule has 0 saturated heterocycles. The van der Waals surface area contributed by atoms with E-state index in [4.69, 9.17) is 10.8 Å². The van der Waals surface area contributed by atoms with Crippen LogP contribution in [0, 0.1) is 0 Å². The molecule has 1 unspecified atom stereocenters. The lowest BCUT2D eigenvalue weighted by Gasteiger charge is -2.07. The Labute approximate surface area is 74.8 Å². The van der Waals surface area contributed by atoms with E-state index in [1.165, 1.54) is 0 Å². The Morgan fingerprint density at radius 1 is 1.62 bits per heavy atom. The van der Waals surface area contributed by atoms with Gasteiger partial charge in [-0.1, -0.05) is 0 Å². The van der Waals surface area contributed by atoms with Gasteiger partial charge in [-0.05, 0) is 0 Å². The lowest BCUT2D eigenvalue weighted by molar-refractivity contribution is 0.267. The summed E-state index contributed by atoms with van der Waals surface area (Å²) in [7, 11) is 0. The summed E-state index contributed by atoms with van der Waals surface area (Å²) >= 11 is 0. The van der Waals surface area contributed by atoms with Gasteiger partial charge in [0.25, 0.3) is 0 Å². The van der Waals surface area contributed by atoms with Crippen molar-refractivity contribution in [2.24, 2.45) is 5.73 Å². The highest BCUT2D eigenvalue weighted by Gasteiger charge is 2.05. The quantitative estimate of drug-likeness (QED) is 0.663. The first-order chi connectivity index (χ1) is 6.31. The van der Waals surface area contributed by atoms with Crippen LogP contribution in [-0.2, 0) is 0 Å². The molecule has 0 radical (unpaired) electrons. The van der Waals surface area contributed by atoms with Crippen LogP contribution in [0.5, 0.6) is 0 Å². The number of fused-ring (bicyclic) bond motifs is 1. The molecule has 0 aliphatic heterocycles. The van der Waals surface area contributed by atoms with Gasteiger partial charge in [0, 0.05) is 24.0 Å².